The van der Waals surface area contributed by atoms with Crippen molar-refractivity contribution in [1.29, 1.82) is 0 Å². The van der Waals surface area contributed by atoms with Gasteiger partial charge in [0.2, 0.25) is 0 Å². The summed E-state index contributed by atoms with van der Waals surface area (Å²) in [5.41, 5.74) is 5.82. The molecule has 0 atom stereocenters. The monoisotopic (exact) mass is 377 g/mol. The molecule has 2 aliphatic rings. The molecule has 0 amide bonds. The van der Waals surface area contributed by atoms with Crippen LogP contribution in [0.15, 0.2) is 36.9 Å². The van der Waals surface area contributed by atoms with E-state index in [-0.39, 0.29) is 0 Å². The lowest BCUT2D eigenvalue weighted by atomic mass is 9.72. The van der Waals surface area contributed by atoms with Gasteiger partial charge in [0.25, 0.3) is 0 Å². The van der Waals surface area contributed by atoms with Gasteiger partial charge < -0.3 is 4.74 Å². The zero-order valence-electron chi connectivity index (χ0n) is 16.5. The number of nitrogens with zero attached hydrogens (tertiary/aromatic N) is 5. The van der Waals surface area contributed by atoms with Gasteiger partial charge in [0, 0.05) is 55.2 Å². The molecular weight excluding hydrogens is 350 g/mol. The number of hydrogen-bond acceptors (Lipinski definition) is 5. The maximum atomic E-state index is 5.57. The standard InChI is InChI=1S/C22H27N5O/c1-17-12-19(2-7-23-17)20-14-25-27-16-18(13-24-21(20)27)15-26-8-3-22(4-9-26)5-10-28-11-6-22/h2,7,12-14,16H,3-6,8-11,15H2,1H3. The number of hydrogen-bond donors (Lipinski definition) is 0. The first kappa shape index (κ1) is 17.8. The molecule has 1 spiro atoms. The number of piperidine rings is 1. The summed E-state index contributed by atoms with van der Waals surface area (Å²) in [5.74, 6) is 0. The molecule has 0 N–H and O–H groups in total. The van der Waals surface area contributed by atoms with E-state index in [1.807, 2.05) is 36.1 Å². The first-order valence-corrected chi connectivity index (χ1v) is 10.3. The zero-order valence-corrected chi connectivity index (χ0v) is 16.5. The van der Waals surface area contributed by atoms with Crippen molar-refractivity contribution in [2.24, 2.45) is 5.41 Å². The Morgan fingerprint density at radius 2 is 1.89 bits per heavy atom. The summed E-state index contributed by atoms with van der Waals surface area (Å²) in [6.45, 7) is 7.17. The molecule has 5 heterocycles. The number of pyridine rings is 1. The van der Waals surface area contributed by atoms with Crippen LogP contribution >= 0.6 is 0 Å². The van der Waals surface area contributed by atoms with E-state index in [1.165, 1.54) is 44.3 Å². The first-order valence-electron chi connectivity index (χ1n) is 10.3. The van der Waals surface area contributed by atoms with Crippen molar-refractivity contribution in [2.45, 2.75) is 39.2 Å². The molecule has 3 aromatic rings. The van der Waals surface area contributed by atoms with Crippen molar-refractivity contribution >= 4 is 5.65 Å². The highest BCUT2D eigenvalue weighted by Gasteiger charge is 2.35. The molecular formula is C22H27N5O. The molecule has 28 heavy (non-hydrogen) atoms. The fraction of sp³-hybridized carbons (Fsp3) is 0.500. The minimum atomic E-state index is 0.538. The third-order valence-corrected chi connectivity index (χ3v) is 6.49. The Bertz CT molecular complexity index is 966. The Hall–Kier alpha value is -2.31. The van der Waals surface area contributed by atoms with E-state index in [1.54, 1.807) is 0 Å². The van der Waals surface area contributed by atoms with Crippen LogP contribution < -0.4 is 0 Å². The average Bonchev–Trinajstić information content (AvgIpc) is 3.14. The lowest BCUT2D eigenvalue weighted by Crippen LogP contribution is -2.42. The second kappa shape index (κ2) is 7.26. The Labute approximate surface area is 165 Å². The van der Waals surface area contributed by atoms with E-state index >= 15 is 0 Å². The summed E-state index contributed by atoms with van der Waals surface area (Å²) >= 11 is 0. The van der Waals surface area contributed by atoms with Crippen molar-refractivity contribution < 1.29 is 4.74 Å². The molecule has 146 valence electrons. The average molecular weight is 377 g/mol. The van der Waals surface area contributed by atoms with Crippen LogP contribution in [-0.2, 0) is 11.3 Å². The van der Waals surface area contributed by atoms with E-state index in [4.69, 9.17) is 9.72 Å². The predicted octanol–water partition coefficient (Wildman–Crippen LogP) is 3.49. The molecule has 0 aromatic carbocycles. The quantitative estimate of drug-likeness (QED) is 0.699. The van der Waals surface area contributed by atoms with Crippen molar-refractivity contribution in [2.75, 3.05) is 26.3 Å². The summed E-state index contributed by atoms with van der Waals surface area (Å²) in [4.78, 5) is 11.6. The van der Waals surface area contributed by atoms with Gasteiger partial charge in [-0.25, -0.2) is 9.50 Å². The SMILES string of the molecule is Cc1cc(-c2cnn3cc(CN4CCC5(CCOCC5)CC4)cnc23)ccn1. The van der Waals surface area contributed by atoms with E-state index < -0.39 is 0 Å². The lowest BCUT2D eigenvalue weighted by Gasteiger charge is -2.44. The molecule has 0 bridgehead atoms. The molecule has 0 radical (unpaired) electrons. The summed E-state index contributed by atoms with van der Waals surface area (Å²) in [6.07, 6.45) is 12.9. The van der Waals surface area contributed by atoms with Gasteiger partial charge in [-0.1, -0.05) is 0 Å². The Morgan fingerprint density at radius 1 is 1.07 bits per heavy atom. The fourth-order valence-electron chi connectivity index (χ4n) is 4.66. The lowest BCUT2D eigenvalue weighted by molar-refractivity contribution is -0.0218. The number of fused-ring (bicyclic) bond motifs is 1. The van der Waals surface area contributed by atoms with Gasteiger partial charge in [-0.05, 0) is 68.8 Å². The van der Waals surface area contributed by atoms with Crippen LogP contribution in [0.2, 0.25) is 0 Å². The minimum Gasteiger partial charge on any atom is -0.381 e. The largest absolute Gasteiger partial charge is 0.381 e. The van der Waals surface area contributed by atoms with Gasteiger partial charge in [0.15, 0.2) is 5.65 Å². The number of likely N-dealkylation sites (tertiary alicyclic amines) is 1. The smallest absolute Gasteiger partial charge is 0.162 e. The fourth-order valence-corrected chi connectivity index (χ4v) is 4.66. The Balaban J connectivity index is 1.30. The molecule has 5 rings (SSSR count). The molecule has 0 aliphatic carbocycles. The summed E-state index contributed by atoms with van der Waals surface area (Å²) in [6, 6.07) is 4.09. The van der Waals surface area contributed by atoms with Gasteiger partial charge in [-0.3, -0.25) is 9.88 Å². The van der Waals surface area contributed by atoms with Crippen LogP contribution in [0.5, 0.6) is 0 Å². The molecule has 2 saturated heterocycles. The van der Waals surface area contributed by atoms with Crippen LogP contribution in [0, 0.1) is 12.3 Å². The second-order valence-corrected chi connectivity index (χ2v) is 8.36. The Kier molecular flexibility index (Phi) is 4.61. The Morgan fingerprint density at radius 3 is 2.68 bits per heavy atom. The maximum absolute atomic E-state index is 5.57. The third-order valence-electron chi connectivity index (χ3n) is 6.49. The number of aryl methyl sites for hydroxylation is 1. The molecule has 6 nitrogen and oxygen atoms in total. The van der Waals surface area contributed by atoms with Gasteiger partial charge in [0.1, 0.15) is 0 Å². The molecule has 6 heteroatoms. The van der Waals surface area contributed by atoms with Crippen LogP contribution in [0.25, 0.3) is 16.8 Å². The molecule has 0 saturated carbocycles. The predicted molar refractivity (Wildman–Crippen MR) is 108 cm³/mol. The first-order chi connectivity index (χ1) is 13.7. The van der Waals surface area contributed by atoms with Gasteiger partial charge >= 0.3 is 0 Å². The van der Waals surface area contributed by atoms with Crippen LogP contribution in [-0.4, -0.2) is 50.8 Å². The topological polar surface area (TPSA) is 55.5 Å². The van der Waals surface area contributed by atoms with Gasteiger partial charge in [-0.2, -0.15) is 5.10 Å². The van der Waals surface area contributed by atoms with E-state index in [9.17, 15) is 0 Å². The highest BCUT2D eigenvalue weighted by Crippen LogP contribution is 2.40. The molecule has 2 aliphatic heterocycles. The molecule has 0 unspecified atom stereocenters. The highest BCUT2D eigenvalue weighted by atomic mass is 16.5. The van der Waals surface area contributed by atoms with Crippen LogP contribution in [0.3, 0.4) is 0 Å². The van der Waals surface area contributed by atoms with Crippen molar-refractivity contribution in [3.63, 3.8) is 0 Å². The number of aromatic nitrogens is 4. The van der Waals surface area contributed by atoms with E-state index in [2.05, 4.69) is 27.2 Å². The maximum Gasteiger partial charge on any atom is 0.162 e. The van der Waals surface area contributed by atoms with Gasteiger partial charge in [-0.15, -0.1) is 0 Å². The summed E-state index contributed by atoms with van der Waals surface area (Å²) in [7, 11) is 0. The highest BCUT2D eigenvalue weighted by molar-refractivity contribution is 5.76. The van der Waals surface area contributed by atoms with Crippen LogP contribution in [0.4, 0.5) is 0 Å². The number of ether oxygens (including phenoxy) is 1. The van der Waals surface area contributed by atoms with E-state index in [0.29, 0.717) is 5.41 Å². The minimum absolute atomic E-state index is 0.538. The number of rotatable bonds is 3. The third kappa shape index (κ3) is 3.42. The van der Waals surface area contributed by atoms with Crippen LogP contribution in [0.1, 0.15) is 36.9 Å². The van der Waals surface area contributed by atoms with Crippen molar-refractivity contribution in [1.82, 2.24) is 24.5 Å². The van der Waals surface area contributed by atoms with E-state index in [0.717, 1.165) is 42.2 Å². The van der Waals surface area contributed by atoms with Crippen molar-refractivity contribution in [3.8, 4) is 11.1 Å². The second-order valence-electron chi connectivity index (χ2n) is 8.36. The normalized spacial score (nSPS) is 20.0. The summed E-state index contributed by atoms with van der Waals surface area (Å²) in [5, 5.41) is 4.55. The van der Waals surface area contributed by atoms with Gasteiger partial charge in [0.05, 0.1) is 6.20 Å². The zero-order chi connectivity index (χ0) is 19.0. The summed E-state index contributed by atoms with van der Waals surface area (Å²) < 4.78 is 7.47. The van der Waals surface area contributed by atoms with Crippen molar-refractivity contribution in [3.05, 3.63) is 48.2 Å². The molecule has 3 aromatic heterocycles. The molecule has 2 fully saturated rings.